The van der Waals surface area contributed by atoms with Crippen molar-refractivity contribution in [1.82, 2.24) is 4.98 Å². The number of aromatic nitrogens is 1. The molecule has 1 aromatic heterocycles. The van der Waals surface area contributed by atoms with Gasteiger partial charge in [0.05, 0.1) is 11.4 Å². The summed E-state index contributed by atoms with van der Waals surface area (Å²) in [5.74, 6) is -0.122. The Morgan fingerprint density at radius 3 is 2.55 bits per heavy atom. The van der Waals surface area contributed by atoms with Crippen LogP contribution in [-0.4, -0.2) is 18.4 Å². The lowest BCUT2D eigenvalue weighted by atomic mass is 10.1. The molecular formula is C12H13N3O2S3. The van der Waals surface area contributed by atoms with E-state index >= 15 is 0 Å². The van der Waals surface area contributed by atoms with E-state index in [1.165, 1.54) is 11.3 Å². The molecule has 8 heteroatoms. The maximum Gasteiger partial charge on any atom is 0.238 e. The minimum absolute atomic E-state index is 0.122. The average molecular weight is 327 g/mol. The van der Waals surface area contributed by atoms with E-state index in [1.807, 2.05) is 6.92 Å². The molecule has 5 nitrogen and oxygen atoms in total. The predicted octanol–water partition coefficient (Wildman–Crippen LogP) is 2.03. The summed E-state index contributed by atoms with van der Waals surface area (Å²) in [6.07, 6.45) is 0. The second kappa shape index (κ2) is 5.86. The molecular weight excluding hydrogens is 314 g/mol. The molecule has 20 heavy (non-hydrogen) atoms. The Morgan fingerprint density at radius 1 is 1.40 bits per heavy atom. The number of hydrogen-bond donors (Lipinski definition) is 2. The number of nitrogens with zero attached hydrogens (tertiary/aromatic N) is 1. The van der Waals surface area contributed by atoms with Gasteiger partial charge >= 0.3 is 0 Å². The minimum Gasteiger partial charge on any atom is -0.389 e. The molecule has 106 valence electrons. The molecule has 0 radical (unpaired) electrons. The van der Waals surface area contributed by atoms with Crippen molar-refractivity contribution in [3.05, 3.63) is 46.5 Å². The molecule has 1 aromatic carbocycles. The summed E-state index contributed by atoms with van der Waals surface area (Å²) in [7, 11) is -3.47. The van der Waals surface area contributed by atoms with Gasteiger partial charge in [0.1, 0.15) is 4.99 Å². The molecule has 0 aliphatic carbocycles. The number of nitrogens with one attached hydrogen (secondary N) is 1. The average Bonchev–Trinajstić information content (AvgIpc) is 2.73. The monoisotopic (exact) mass is 327 g/mol. The van der Waals surface area contributed by atoms with Crippen LogP contribution in [0.5, 0.6) is 0 Å². The summed E-state index contributed by atoms with van der Waals surface area (Å²) in [5, 5.41) is 2.16. The van der Waals surface area contributed by atoms with E-state index in [9.17, 15) is 8.42 Å². The van der Waals surface area contributed by atoms with Gasteiger partial charge in [-0.25, -0.2) is 13.4 Å². The van der Waals surface area contributed by atoms with Crippen molar-refractivity contribution in [3.63, 3.8) is 0 Å². The second-order valence-corrected chi connectivity index (χ2v) is 7.24. The van der Waals surface area contributed by atoms with E-state index in [1.54, 1.807) is 29.6 Å². The number of aryl methyl sites for hydroxylation is 1. The number of sulfonamides is 1. The fourth-order valence-corrected chi connectivity index (χ4v) is 3.81. The summed E-state index contributed by atoms with van der Waals surface area (Å²) in [4.78, 5) is 4.36. The Kier molecular flexibility index (Phi) is 4.36. The van der Waals surface area contributed by atoms with E-state index in [-0.39, 0.29) is 10.7 Å². The summed E-state index contributed by atoms with van der Waals surface area (Å²) in [6, 6.07) is 6.81. The van der Waals surface area contributed by atoms with E-state index in [4.69, 9.17) is 18.0 Å². The van der Waals surface area contributed by atoms with Crippen molar-refractivity contribution in [1.29, 1.82) is 0 Å². The third-order valence-electron chi connectivity index (χ3n) is 2.46. The van der Waals surface area contributed by atoms with Crippen molar-refractivity contribution in [2.45, 2.75) is 12.7 Å². The molecule has 0 aliphatic heterocycles. The van der Waals surface area contributed by atoms with Crippen LogP contribution in [0.3, 0.4) is 0 Å². The third kappa shape index (κ3) is 3.99. The van der Waals surface area contributed by atoms with Gasteiger partial charge in [0.2, 0.25) is 10.0 Å². The molecule has 3 N–H and O–H groups in total. The fourth-order valence-electron chi connectivity index (χ4n) is 1.55. The van der Waals surface area contributed by atoms with E-state index in [2.05, 4.69) is 9.71 Å². The Morgan fingerprint density at radius 2 is 2.05 bits per heavy atom. The van der Waals surface area contributed by atoms with Crippen LogP contribution in [-0.2, 0) is 15.8 Å². The number of nitrogens with two attached hydrogens (primary N) is 1. The van der Waals surface area contributed by atoms with E-state index < -0.39 is 10.0 Å². The van der Waals surface area contributed by atoms with Gasteiger partial charge < -0.3 is 5.73 Å². The highest BCUT2D eigenvalue weighted by atomic mass is 32.2. The molecule has 0 saturated carbocycles. The van der Waals surface area contributed by atoms with Crippen molar-refractivity contribution in [3.8, 4) is 0 Å². The van der Waals surface area contributed by atoms with E-state index in [0.29, 0.717) is 16.3 Å². The Bertz CT molecular complexity index is 721. The Labute approximate surface area is 126 Å². The lowest BCUT2D eigenvalue weighted by Gasteiger charge is -2.06. The summed E-state index contributed by atoms with van der Waals surface area (Å²) >= 11 is 6.10. The topological polar surface area (TPSA) is 85.1 Å². The Balaban J connectivity index is 2.09. The van der Waals surface area contributed by atoms with Gasteiger partial charge in [-0.2, -0.15) is 0 Å². The zero-order valence-electron chi connectivity index (χ0n) is 10.7. The first kappa shape index (κ1) is 14.9. The van der Waals surface area contributed by atoms with Crippen LogP contribution in [0.4, 0.5) is 5.13 Å². The van der Waals surface area contributed by atoms with Gasteiger partial charge in [0.15, 0.2) is 5.13 Å². The fraction of sp³-hybridized carbons (Fsp3) is 0.167. The van der Waals surface area contributed by atoms with Crippen molar-refractivity contribution < 1.29 is 8.42 Å². The molecule has 0 amide bonds. The SMILES string of the molecule is Cc1csc(NS(=O)(=O)Cc2ccc(C(N)=S)cc2)n1. The highest BCUT2D eigenvalue weighted by Gasteiger charge is 2.13. The van der Waals surface area contributed by atoms with Gasteiger partial charge in [-0.1, -0.05) is 36.5 Å². The zero-order chi connectivity index (χ0) is 14.8. The summed E-state index contributed by atoms with van der Waals surface area (Å²) in [5.41, 5.74) is 7.65. The van der Waals surface area contributed by atoms with Crippen molar-refractivity contribution in [2.75, 3.05) is 4.72 Å². The molecule has 0 bridgehead atoms. The van der Waals surface area contributed by atoms with Gasteiger partial charge in [-0.15, -0.1) is 11.3 Å². The molecule has 0 spiro atoms. The maximum absolute atomic E-state index is 12.0. The first-order valence-corrected chi connectivity index (χ1v) is 8.61. The highest BCUT2D eigenvalue weighted by Crippen LogP contribution is 2.17. The van der Waals surface area contributed by atoms with Crippen LogP contribution in [0.15, 0.2) is 29.6 Å². The molecule has 2 rings (SSSR count). The van der Waals surface area contributed by atoms with Crippen molar-refractivity contribution in [2.24, 2.45) is 5.73 Å². The van der Waals surface area contributed by atoms with Gasteiger partial charge in [0.25, 0.3) is 0 Å². The standard InChI is InChI=1S/C12H13N3O2S3/c1-8-6-19-12(14-8)15-20(16,17)7-9-2-4-10(5-3-9)11(13)18/h2-6H,7H2,1H3,(H2,13,18)(H,14,15). The smallest absolute Gasteiger partial charge is 0.238 e. The quantitative estimate of drug-likeness (QED) is 0.821. The van der Waals surface area contributed by atoms with Crippen LogP contribution < -0.4 is 10.5 Å². The van der Waals surface area contributed by atoms with Gasteiger partial charge in [-0.05, 0) is 12.5 Å². The number of rotatable bonds is 5. The largest absolute Gasteiger partial charge is 0.389 e. The highest BCUT2D eigenvalue weighted by molar-refractivity contribution is 7.92. The molecule has 0 fully saturated rings. The third-order valence-corrected chi connectivity index (χ3v) is 4.92. The molecule has 0 atom stereocenters. The van der Waals surface area contributed by atoms with Gasteiger partial charge in [0, 0.05) is 10.9 Å². The first-order chi connectivity index (χ1) is 9.35. The predicted molar refractivity (Wildman–Crippen MR) is 85.4 cm³/mol. The van der Waals surface area contributed by atoms with Crippen LogP contribution in [0.25, 0.3) is 0 Å². The van der Waals surface area contributed by atoms with Crippen LogP contribution >= 0.6 is 23.6 Å². The van der Waals surface area contributed by atoms with Gasteiger partial charge in [-0.3, -0.25) is 4.72 Å². The summed E-state index contributed by atoms with van der Waals surface area (Å²) in [6.45, 7) is 1.81. The maximum atomic E-state index is 12.0. The number of anilines is 1. The van der Waals surface area contributed by atoms with Crippen LogP contribution in [0.1, 0.15) is 16.8 Å². The summed E-state index contributed by atoms with van der Waals surface area (Å²) < 4.78 is 26.5. The molecule has 1 heterocycles. The number of hydrogen-bond acceptors (Lipinski definition) is 5. The van der Waals surface area contributed by atoms with E-state index in [0.717, 1.165) is 5.69 Å². The lowest BCUT2D eigenvalue weighted by molar-refractivity contribution is 0.600. The number of thiocarbonyl (C=S) groups is 1. The second-order valence-electron chi connectivity index (χ2n) is 4.22. The lowest BCUT2D eigenvalue weighted by Crippen LogP contribution is -2.15. The minimum atomic E-state index is -3.47. The number of thiazole rings is 1. The Hall–Kier alpha value is -1.51. The van der Waals surface area contributed by atoms with Crippen LogP contribution in [0, 0.1) is 6.92 Å². The first-order valence-electron chi connectivity index (χ1n) is 5.67. The molecule has 2 aromatic rings. The number of benzene rings is 1. The van der Waals surface area contributed by atoms with Crippen molar-refractivity contribution >= 4 is 43.7 Å². The molecule has 0 saturated heterocycles. The van der Waals surface area contributed by atoms with Crippen LogP contribution in [0.2, 0.25) is 0 Å². The molecule has 0 unspecified atom stereocenters. The molecule has 0 aliphatic rings. The normalized spacial score (nSPS) is 11.2. The zero-order valence-corrected chi connectivity index (χ0v) is 13.1.